The number of nitrogens with two attached hydrogens (primary N) is 1. The molecular weight excluding hydrogens is 276 g/mol. The molecule has 0 saturated carbocycles. The van der Waals surface area contributed by atoms with Crippen molar-refractivity contribution in [3.8, 4) is 0 Å². The van der Waals surface area contributed by atoms with E-state index in [2.05, 4.69) is 9.82 Å². The molecule has 7 heteroatoms. The Morgan fingerprint density at radius 2 is 2.05 bits per heavy atom. The highest BCUT2D eigenvalue weighted by Crippen LogP contribution is 2.08. The van der Waals surface area contributed by atoms with Crippen LogP contribution in [0.5, 0.6) is 0 Å². The highest BCUT2D eigenvalue weighted by Gasteiger charge is 2.11. The van der Waals surface area contributed by atoms with Gasteiger partial charge in [-0.2, -0.15) is 5.10 Å². The summed E-state index contributed by atoms with van der Waals surface area (Å²) in [6.45, 7) is 1.23. The molecule has 6 nitrogen and oxygen atoms in total. The minimum Gasteiger partial charge on any atom is -0.326 e. The van der Waals surface area contributed by atoms with E-state index in [4.69, 9.17) is 5.73 Å². The number of sulfonamides is 1. The number of hydrogen-bond donors (Lipinski definition) is 2. The third-order valence-electron chi connectivity index (χ3n) is 2.81. The van der Waals surface area contributed by atoms with Crippen LogP contribution in [0.4, 0.5) is 0 Å². The molecule has 0 aliphatic carbocycles. The van der Waals surface area contributed by atoms with Crippen molar-refractivity contribution in [2.24, 2.45) is 5.73 Å². The molecule has 1 aromatic carbocycles. The van der Waals surface area contributed by atoms with Gasteiger partial charge in [0.2, 0.25) is 10.0 Å². The summed E-state index contributed by atoms with van der Waals surface area (Å²) in [7, 11) is -3.34. The van der Waals surface area contributed by atoms with Gasteiger partial charge in [-0.05, 0) is 17.2 Å². The second-order valence-corrected chi connectivity index (χ2v) is 6.25. The van der Waals surface area contributed by atoms with E-state index in [1.54, 1.807) is 29.2 Å². The first-order chi connectivity index (χ1) is 9.59. The summed E-state index contributed by atoms with van der Waals surface area (Å²) in [5.74, 6) is -0.0417. The molecule has 0 amide bonds. The highest BCUT2D eigenvalue weighted by molar-refractivity contribution is 7.88. The fourth-order valence-corrected chi connectivity index (χ4v) is 2.99. The minimum absolute atomic E-state index is 0.0417. The number of benzene rings is 1. The zero-order valence-corrected chi connectivity index (χ0v) is 11.9. The van der Waals surface area contributed by atoms with Crippen molar-refractivity contribution < 1.29 is 8.42 Å². The van der Waals surface area contributed by atoms with Crippen LogP contribution in [0.25, 0.3) is 0 Å². The molecule has 2 aromatic rings. The number of aromatic nitrogens is 2. The lowest BCUT2D eigenvalue weighted by Crippen LogP contribution is -2.28. The molecule has 0 radical (unpaired) electrons. The molecule has 108 valence electrons. The summed E-state index contributed by atoms with van der Waals surface area (Å²) < 4.78 is 28.2. The highest BCUT2D eigenvalue weighted by atomic mass is 32.2. The molecule has 0 fully saturated rings. The number of nitrogens with one attached hydrogen (secondary N) is 1. The van der Waals surface area contributed by atoms with E-state index in [1.165, 1.54) is 0 Å². The quantitative estimate of drug-likeness (QED) is 0.776. The molecule has 20 heavy (non-hydrogen) atoms. The van der Waals surface area contributed by atoms with Gasteiger partial charge in [-0.1, -0.05) is 24.3 Å². The Hall–Kier alpha value is -1.70. The van der Waals surface area contributed by atoms with Gasteiger partial charge < -0.3 is 5.73 Å². The normalized spacial score (nSPS) is 11.7. The number of nitrogens with zero attached hydrogens (tertiary/aromatic N) is 2. The summed E-state index contributed by atoms with van der Waals surface area (Å²) >= 11 is 0. The van der Waals surface area contributed by atoms with E-state index in [0.717, 1.165) is 11.1 Å². The Morgan fingerprint density at radius 3 is 2.75 bits per heavy atom. The zero-order valence-electron chi connectivity index (χ0n) is 11.1. The van der Waals surface area contributed by atoms with Crippen molar-refractivity contribution in [3.05, 3.63) is 53.9 Å². The molecule has 0 bridgehead atoms. The van der Waals surface area contributed by atoms with Gasteiger partial charge in [0, 0.05) is 25.5 Å². The first-order valence-corrected chi connectivity index (χ1v) is 7.97. The Labute approximate surface area is 118 Å². The third kappa shape index (κ3) is 4.44. The van der Waals surface area contributed by atoms with Gasteiger partial charge in [0.15, 0.2) is 0 Å². The first kappa shape index (κ1) is 14.7. The number of rotatable bonds is 7. The van der Waals surface area contributed by atoms with Crippen molar-refractivity contribution in [3.63, 3.8) is 0 Å². The van der Waals surface area contributed by atoms with Gasteiger partial charge in [-0.15, -0.1) is 0 Å². The van der Waals surface area contributed by atoms with E-state index in [9.17, 15) is 8.42 Å². The predicted molar refractivity (Wildman–Crippen MR) is 77.2 cm³/mol. The maximum atomic E-state index is 12.0. The lowest BCUT2D eigenvalue weighted by molar-refractivity contribution is 0.560. The van der Waals surface area contributed by atoms with E-state index in [1.807, 2.05) is 18.2 Å². The molecule has 0 unspecified atom stereocenters. The largest absolute Gasteiger partial charge is 0.326 e. The van der Waals surface area contributed by atoms with Crippen LogP contribution in [0.15, 0.2) is 42.7 Å². The lowest BCUT2D eigenvalue weighted by Gasteiger charge is -2.08. The smallest absolute Gasteiger partial charge is 0.215 e. The van der Waals surface area contributed by atoms with Gasteiger partial charge in [0.1, 0.15) is 0 Å². The van der Waals surface area contributed by atoms with Crippen LogP contribution in [-0.4, -0.2) is 24.7 Å². The predicted octanol–water partition coefficient (Wildman–Crippen LogP) is 0.461. The van der Waals surface area contributed by atoms with Gasteiger partial charge in [-0.25, -0.2) is 13.1 Å². The van der Waals surface area contributed by atoms with Crippen LogP contribution >= 0.6 is 0 Å². The third-order valence-corrected chi connectivity index (χ3v) is 4.16. The van der Waals surface area contributed by atoms with Crippen LogP contribution in [0.1, 0.15) is 11.1 Å². The van der Waals surface area contributed by atoms with E-state index < -0.39 is 10.0 Å². The monoisotopic (exact) mass is 294 g/mol. The van der Waals surface area contributed by atoms with Crippen molar-refractivity contribution in [2.45, 2.75) is 18.8 Å². The summed E-state index contributed by atoms with van der Waals surface area (Å²) in [6, 6.07) is 9.09. The molecule has 0 spiro atoms. The standard InChI is InChI=1S/C13H18N4O2S/c14-10-12-3-1-4-13(9-12)11-20(18,19)16-6-8-17-7-2-5-15-17/h1-5,7,9,16H,6,8,10-11,14H2. The topological polar surface area (TPSA) is 90.0 Å². The van der Waals surface area contributed by atoms with E-state index in [-0.39, 0.29) is 5.75 Å². The van der Waals surface area contributed by atoms with Crippen molar-refractivity contribution >= 4 is 10.0 Å². The fourth-order valence-electron chi connectivity index (χ4n) is 1.87. The van der Waals surface area contributed by atoms with Crippen molar-refractivity contribution in [2.75, 3.05) is 6.54 Å². The average molecular weight is 294 g/mol. The van der Waals surface area contributed by atoms with Crippen LogP contribution in [0, 0.1) is 0 Å². The molecule has 2 rings (SSSR count). The van der Waals surface area contributed by atoms with Gasteiger partial charge >= 0.3 is 0 Å². The maximum Gasteiger partial charge on any atom is 0.215 e. The van der Waals surface area contributed by atoms with Gasteiger partial charge in [0.25, 0.3) is 0 Å². The van der Waals surface area contributed by atoms with Crippen molar-refractivity contribution in [1.82, 2.24) is 14.5 Å². The Kier molecular flexibility index (Phi) is 4.89. The Balaban J connectivity index is 1.89. The summed E-state index contributed by atoms with van der Waals surface area (Å²) in [5, 5.41) is 4.01. The Bertz CT molecular complexity index is 638. The summed E-state index contributed by atoms with van der Waals surface area (Å²) in [5.41, 5.74) is 7.20. The van der Waals surface area contributed by atoms with Crippen molar-refractivity contribution in [1.29, 1.82) is 0 Å². The van der Waals surface area contributed by atoms with Crippen LogP contribution in [0.3, 0.4) is 0 Å². The van der Waals surface area contributed by atoms with Crippen LogP contribution < -0.4 is 10.5 Å². The van der Waals surface area contributed by atoms with Crippen LogP contribution in [0.2, 0.25) is 0 Å². The van der Waals surface area contributed by atoms with Gasteiger partial charge in [-0.3, -0.25) is 4.68 Å². The van der Waals surface area contributed by atoms with E-state index >= 15 is 0 Å². The molecule has 0 aliphatic rings. The molecule has 1 heterocycles. The zero-order chi connectivity index (χ0) is 14.4. The molecule has 3 N–H and O–H groups in total. The van der Waals surface area contributed by atoms with E-state index in [0.29, 0.717) is 19.6 Å². The number of hydrogen-bond acceptors (Lipinski definition) is 4. The second kappa shape index (κ2) is 6.65. The second-order valence-electron chi connectivity index (χ2n) is 4.45. The molecule has 1 aromatic heterocycles. The first-order valence-electron chi connectivity index (χ1n) is 6.32. The average Bonchev–Trinajstić information content (AvgIpc) is 2.91. The minimum atomic E-state index is -3.34. The SMILES string of the molecule is NCc1cccc(CS(=O)(=O)NCCn2cccn2)c1. The summed E-state index contributed by atoms with van der Waals surface area (Å²) in [4.78, 5) is 0. The lowest BCUT2D eigenvalue weighted by atomic mass is 10.1. The Morgan fingerprint density at radius 1 is 1.25 bits per heavy atom. The molecule has 0 aliphatic heterocycles. The fraction of sp³-hybridized carbons (Fsp3) is 0.308. The molecule has 0 saturated heterocycles. The summed E-state index contributed by atoms with van der Waals surface area (Å²) in [6.07, 6.45) is 3.45. The maximum absolute atomic E-state index is 12.0. The van der Waals surface area contributed by atoms with Crippen LogP contribution in [-0.2, 0) is 28.9 Å². The van der Waals surface area contributed by atoms with Gasteiger partial charge in [0.05, 0.1) is 12.3 Å². The molecule has 0 atom stereocenters. The molecular formula is C13H18N4O2S.